The highest BCUT2D eigenvalue weighted by molar-refractivity contribution is 7.87. The second kappa shape index (κ2) is 11.6. The number of rotatable bonds is 11. The summed E-state index contributed by atoms with van der Waals surface area (Å²) in [5, 5.41) is 2.92. The largest absolute Gasteiger partial charge is 0.493 e. The molecule has 0 bridgehead atoms. The van der Waals surface area contributed by atoms with E-state index in [1.807, 2.05) is 32.9 Å². The molecule has 0 aliphatic heterocycles. The molecule has 0 aromatic heterocycles. The number of para-hydroxylation sites is 2. The molecule has 0 fully saturated rings. The monoisotopic (exact) mass is 464 g/mol. The molecule has 0 aliphatic carbocycles. The Morgan fingerprint density at radius 2 is 1.78 bits per heavy atom. The molecule has 1 N–H and O–H groups in total. The van der Waals surface area contributed by atoms with Crippen LogP contribution in [0.4, 0.5) is 10.5 Å². The topological polar surface area (TPSA) is 94.2 Å². The normalized spacial score (nSPS) is 11.2. The Morgan fingerprint density at radius 1 is 1.06 bits per heavy atom. The number of urea groups is 1. The van der Waals surface area contributed by atoms with Crippen LogP contribution in [0.25, 0.3) is 0 Å². The molecule has 0 atom stereocenters. The Balaban J connectivity index is 2.28. The van der Waals surface area contributed by atoms with Crippen LogP contribution in [0.3, 0.4) is 0 Å². The number of carbonyl (C=O) groups excluding carboxylic acids is 1. The first-order valence-electron chi connectivity index (χ1n) is 10.6. The van der Waals surface area contributed by atoms with Gasteiger partial charge >= 0.3 is 16.1 Å². The molecule has 0 aliphatic rings. The zero-order chi connectivity index (χ0) is 23.7. The lowest BCUT2D eigenvalue weighted by atomic mass is 10.1. The summed E-state index contributed by atoms with van der Waals surface area (Å²) in [5.74, 6) is 1.05. The summed E-state index contributed by atoms with van der Waals surface area (Å²) in [6, 6.07) is 12.0. The summed E-state index contributed by atoms with van der Waals surface area (Å²) >= 11 is 0. The molecular weight excluding hydrogens is 432 g/mol. The fourth-order valence-electron chi connectivity index (χ4n) is 3.01. The van der Waals surface area contributed by atoms with Gasteiger partial charge in [-0.15, -0.1) is 0 Å². The van der Waals surface area contributed by atoms with E-state index in [9.17, 15) is 13.2 Å². The van der Waals surface area contributed by atoms with Crippen molar-refractivity contribution in [1.29, 1.82) is 0 Å². The minimum absolute atomic E-state index is 0.0958. The average molecular weight is 465 g/mol. The number of hydrogen-bond donors (Lipinski definition) is 1. The van der Waals surface area contributed by atoms with Gasteiger partial charge in [0.15, 0.2) is 11.5 Å². The molecule has 0 unspecified atom stereocenters. The summed E-state index contributed by atoms with van der Waals surface area (Å²) in [7, 11) is -2.28. The van der Waals surface area contributed by atoms with E-state index in [1.165, 1.54) is 14.0 Å². The van der Waals surface area contributed by atoms with Crippen LogP contribution in [0.2, 0.25) is 0 Å². The van der Waals surface area contributed by atoms with Gasteiger partial charge in [-0.3, -0.25) is 0 Å². The van der Waals surface area contributed by atoms with E-state index >= 15 is 0 Å². The standard InChI is InChI=1S/C23H32N2O6S/c1-6-30-20-11-9-8-10-19(20)24-23(26)25(15-17(3)4)16-18-12-13-21(29-5)22(14-18)31-32(27,28)7-2/h8-14,17H,6-7,15-16H2,1-5H3,(H,24,26). The van der Waals surface area contributed by atoms with E-state index in [1.54, 1.807) is 35.2 Å². The lowest BCUT2D eigenvalue weighted by Gasteiger charge is -2.26. The number of anilines is 1. The van der Waals surface area contributed by atoms with E-state index < -0.39 is 10.1 Å². The maximum absolute atomic E-state index is 13.1. The van der Waals surface area contributed by atoms with Gasteiger partial charge in [0.05, 0.1) is 25.2 Å². The molecule has 2 amide bonds. The van der Waals surface area contributed by atoms with Crippen molar-refractivity contribution in [3.63, 3.8) is 0 Å². The number of hydrogen-bond acceptors (Lipinski definition) is 6. The minimum Gasteiger partial charge on any atom is -0.493 e. The van der Waals surface area contributed by atoms with Crippen molar-refractivity contribution in [3.8, 4) is 17.2 Å². The van der Waals surface area contributed by atoms with Crippen LogP contribution in [-0.2, 0) is 16.7 Å². The lowest BCUT2D eigenvalue weighted by molar-refractivity contribution is 0.201. The summed E-state index contributed by atoms with van der Waals surface area (Å²) in [4.78, 5) is 14.8. The third kappa shape index (κ3) is 7.33. The number of nitrogens with zero attached hydrogens (tertiary/aromatic N) is 1. The summed E-state index contributed by atoms with van der Waals surface area (Å²) < 4.78 is 39.9. The van der Waals surface area contributed by atoms with Crippen molar-refractivity contribution < 1.29 is 26.9 Å². The molecule has 176 valence electrons. The predicted molar refractivity (Wildman–Crippen MR) is 125 cm³/mol. The van der Waals surface area contributed by atoms with Gasteiger partial charge in [-0.25, -0.2) is 4.79 Å². The van der Waals surface area contributed by atoms with Crippen molar-refractivity contribution in [2.24, 2.45) is 5.92 Å². The molecule has 2 aromatic carbocycles. The van der Waals surface area contributed by atoms with Gasteiger partial charge in [0.1, 0.15) is 5.75 Å². The lowest BCUT2D eigenvalue weighted by Crippen LogP contribution is -2.37. The van der Waals surface area contributed by atoms with E-state index in [0.29, 0.717) is 35.9 Å². The number of methoxy groups -OCH3 is 1. The van der Waals surface area contributed by atoms with Crippen LogP contribution in [0.1, 0.15) is 33.3 Å². The molecule has 9 heteroatoms. The van der Waals surface area contributed by atoms with Crippen LogP contribution in [0.15, 0.2) is 42.5 Å². The van der Waals surface area contributed by atoms with Gasteiger partial charge in [0.2, 0.25) is 0 Å². The van der Waals surface area contributed by atoms with Crippen LogP contribution in [0.5, 0.6) is 17.2 Å². The van der Waals surface area contributed by atoms with Gasteiger partial charge in [0, 0.05) is 13.1 Å². The van der Waals surface area contributed by atoms with Crippen LogP contribution < -0.4 is 19.0 Å². The molecular formula is C23H32N2O6S. The number of amides is 2. The summed E-state index contributed by atoms with van der Waals surface area (Å²) in [6.07, 6.45) is 0. The van der Waals surface area contributed by atoms with E-state index in [2.05, 4.69) is 5.32 Å². The molecule has 0 heterocycles. The second-order valence-electron chi connectivity index (χ2n) is 7.55. The summed E-state index contributed by atoms with van der Waals surface area (Å²) in [5.41, 5.74) is 1.29. The maximum Gasteiger partial charge on any atom is 0.322 e. The number of carbonyl (C=O) groups is 1. The summed E-state index contributed by atoms with van der Waals surface area (Å²) in [6.45, 7) is 8.66. The Bertz CT molecular complexity index is 1010. The smallest absolute Gasteiger partial charge is 0.322 e. The minimum atomic E-state index is -3.72. The first kappa shape index (κ1) is 25.3. The fraction of sp³-hybridized carbons (Fsp3) is 0.435. The van der Waals surface area contributed by atoms with E-state index in [0.717, 1.165) is 0 Å². The third-order valence-corrected chi connectivity index (χ3v) is 5.61. The fourth-order valence-corrected chi connectivity index (χ4v) is 3.53. The van der Waals surface area contributed by atoms with Crippen molar-refractivity contribution in [2.45, 2.75) is 34.2 Å². The highest BCUT2D eigenvalue weighted by atomic mass is 32.2. The van der Waals surface area contributed by atoms with Crippen molar-refractivity contribution in [3.05, 3.63) is 48.0 Å². The predicted octanol–water partition coefficient (Wildman–Crippen LogP) is 4.51. The molecule has 2 aromatic rings. The zero-order valence-corrected chi connectivity index (χ0v) is 20.1. The quantitative estimate of drug-likeness (QED) is 0.492. The van der Waals surface area contributed by atoms with Crippen molar-refractivity contribution in [2.75, 3.05) is 31.3 Å². The maximum atomic E-state index is 13.1. The number of nitrogens with one attached hydrogen (secondary N) is 1. The molecule has 2 rings (SSSR count). The first-order valence-corrected chi connectivity index (χ1v) is 12.1. The van der Waals surface area contributed by atoms with Crippen LogP contribution >= 0.6 is 0 Å². The zero-order valence-electron chi connectivity index (χ0n) is 19.3. The van der Waals surface area contributed by atoms with Gasteiger partial charge < -0.3 is 23.9 Å². The number of ether oxygens (including phenoxy) is 2. The molecule has 32 heavy (non-hydrogen) atoms. The van der Waals surface area contributed by atoms with Crippen molar-refractivity contribution >= 4 is 21.8 Å². The van der Waals surface area contributed by atoms with E-state index in [-0.39, 0.29) is 30.0 Å². The molecule has 0 saturated heterocycles. The Morgan fingerprint density at radius 3 is 2.41 bits per heavy atom. The molecule has 0 radical (unpaired) electrons. The molecule has 0 saturated carbocycles. The van der Waals surface area contributed by atoms with Crippen LogP contribution in [-0.4, -0.2) is 45.4 Å². The molecule has 0 spiro atoms. The first-order chi connectivity index (χ1) is 15.2. The van der Waals surface area contributed by atoms with Gasteiger partial charge in [-0.2, -0.15) is 8.42 Å². The average Bonchev–Trinajstić information content (AvgIpc) is 2.74. The Labute approximate surface area is 190 Å². The Hall–Kier alpha value is -2.94. The SMILES string of the molecule is CCOc1ccccc1NC(=O)N(Cc1ccc(OC)c(OS(=O)(=O)CC)c1)CC(C)C. The van der Waals surface area contributed by atoms with E-state index in [4.69, 9.17) is 13.7 Å². The van der Waals surface area contributed by atoms with Gasteiger partial charge in [-0.05, 0) is 49.6 Å². The Kier molecular flexibility index (Phi) is 9.19. The van der Waals surface area contributed by atoms with Gasteiger partial charge in [0.25, 0.3) is 0 Å². The highest BCUT2D eigenvalue weighted by Gasteiger charge is 2.20. The van der Waals surface area contributed by atoms with Crippen LogP contribution in [0, 0.1) is 5.92 Å². The third-order valence-electron chi connectivity index (χ3n) is 4.47. The highest BCUT2D eigenvalue weighted by Crippen LogP contribution is 2.30. The second-order valence-corrected chi connectivity index (χ2v) is 9.41. The van der Waals surface area contributed by atoms with Gasteiger partial charge in [-0.1, -0.05) is 32.0 Å². The number of benzene rings is 2. The van der Waals surface area contributed by atoms with Crippen molar-refractivity contribution in [1.82, 2.24) is 4.90 Å². The molecule has 8 nitrogen and oxygen atoms in total.